The maximum atomic E-state index is 12.1. The van der Waals surface area contributed by atoms with Crippen molar-refractivity contribution in [3.8, 4) is 0 Å². The number of rotatable bonds is 3. The number of anilines is 2. The smallest absolute Gasteiger partial charge is 0.422 e. The van der Waals surface area contributed by atoms with Crippen LogP contribution in [0.25, 0.3) is 0 Å². The van der Waals surface area contributed by atoms with Crippen LogP contribution < -0.4 is 10.2 Å². The molecule has 0 saturated carbocycles. The number of nitrogens with one attached hydrogen (secondary N) is 1. The summed E-state index contributed by atoms with van der Waals surface area (Å²) in [6, 6.07) is 6.90. The van der Waals surface area contributed by atoms with Crippen molar-refractivity contribution in [3.05, 3.63) is 24.3 Å². The molecule has 2 rings (SSSR count). The Bertz CT molecular complexity index is 541. The van der Waals surface area contributed by atoms with Gasteiger partial charge in [-0.25, -0.2) is 4.79 Å². The Morgan fingerprint density at radius 2 is 1.91 bits per heavy atom. The number of carbonyl (C=O) groups excluding carboxylic acids is 1. The Balaban J connectivity index is 2.07. The van der Waals surface area contributed by atoms with Crippen molar-refractivity contribution in [2.75, 3.05) is 29.9 Å². The number of nitrogens with zero attached hydrogens (tertiary/aromatic N) is 1. The van der Waals surface area contributed by atoms with Crippen molar-refractivity contribution in [1.82, 2.24) is 0 Å². The summed E-state index contributed by atoms with van der Waals surface area (Å²) in [5.41, 5.74) is 1.12. The molecule has 0 spiro atoms. The van der Waals surface area contributed by atoms with Crippen LogP contribution in [-0.2, 0) is 9.47 Å². The predicted molar refractivity (Wildman–Crippen MR) is 79.7 cm³/mol. The van der Waals surface area contributed by atoms with E-state index in [4.69, 9.17) is 4.74 Å². The zero-order valence-electron chi connectivity index (χ0n) is 12.9. The number of halogens is 3. The molecule has 0 bridgehead atoms. The first-order valence-electron chi connectivity index (χ1n) is 7.24. The molecule has 1 N–H and O–H groups in total. The monoisotopic (exact) mass is 332 g/mol. The van der Waals surface area contributed by atoms with Crippen LogP contribution in [0.15, 0.2) is 24.3 Å². The molecule has 0 aromatic heterocycles. The van der Waals surface area contributed by atoms with E-state index < -0.39 is 18.9 Å². The Morgan fingerprint density at radius 1 is 1.30 bits per heavy atom. The molecule has 1 aliphatic heterocycles. The van der Waals surface area contributed by atoms with Crippen LogP contribution >= 0.6 is 0 Å². The molecular formula is C15H19F3N2O3. The van der Waals surface area contributed by atoms with Gasteiger partial charge in [0.2, 0.25) is 0 Å². The Labute approximate surface area is 132 Å². The number of carbonyl (C=O) groups is 1. The number of ether oxygens (including phenoxy) is 2. The van der Waals surface area contributed by atoms with Crippen LogP contribution in [0.5, 0.6) is 0 Å². The number of amides is 1. The van der Waals surface area contributed by atoms with Gasteiger partial charge in [0.1, 0.15) is 0 Å². The van der Waals surface area contributed by atoms with E-state index in [9.17, 15) is 18.0 Å². The second-order valence-electron chi connectivity index (χ2n) is 5.50. The molecule has 1 amide bonds. The summed E-state index contributed by atoms with van der Waals surface area (Å²) >= 11 is 0. The third-order valence-electron chi connectivity index (χ3n) is 3.27. The van der Waals surface area contributed by atoms with Gasteiger partial charge in [-0.05, 0) is 26.0 Å². The fraction of sp³-hybridized carbons (Fsp3) is 0.533. The third-order valence-corrected chi connectivity index (χ3v) is 3.27. The topological polar surface area (TPSA) is 50.8 Å². The summed E-state index contributed by atoms with van der Waals surface area (Å²) in [6.07, 6.45) is -5.65. The third kappa shape index (κ3) is 5.31. The van der Waals surface area contributed by atoms with Crippen molar-refractivity contribution in [2.24, 2.45) is 0 Å². The van der Waals surface area contributed by atoms with E-state index >= 15 is 0 Å². The van der Waals surface area contributed by atoms with Crippen molar-refractivity contribution < 1.29 is 27.4 Å². The SMILES string of the molecule is C[C@@H]1CN(c2ccccc2NC(=O)OCC(F)(F)F)C[C@H](C)O1. The Kier molecular flexibility index (Phi) is 5.35. The standard InChI is InChI=1S/C15H19F3N2O3/c1-10-7-20(8-11(2)23-10)13-6-4-3-5-12(13)19-14(21)22-9-15(16,17)18/h3-6,10-11H,7-9H2,1-2H3,(H,19,21)/t10-,11+. The largest absolute Gasteiger partial charge is 0.440 e. The maximum Gasteiger partial charge on any atom is 0.422 e. The molecule has 128 valence electrons. The van der Waals surface area contributed by atoms with Gasteiger partial charge in [-0.3, -0.25) is 5.32 Å². The van der Waals surface area contributed by atoms with Gasteiger partial charge in [0, 0.05) is 13.1 Å². The molecule has 1 aliphatic rings. The average molecular weight is 332 g/mol. The number of hydrogen-bond donors (Lipinski definition) is 1. The first kappa shape index (κ1) is 17.4. The van der Waals surface area contributed by atoms with Gasteiger partial charge in [-0.1, -0.05) is 12.1 Å². The second-order valence-corrected chi connectivity index (χ2v) is 5.50. The van der Waals surface area contributed by atoms with Crippen LogP contribution in [0.3, 0.4) is 0 Å². The number of benzene rings is 1. The number of para-hydroxylation sites is 2. The quantitative estimate of drug-likeness (QED) is 0.922. The molecule has 23 heavy (non-hydrogen) atoms. The van der Waals surface area contributed by atoms with Gasteiger partial charge in [0.05, 0.1) is 23.6 Å². The fourth-order valence-corrected chi connectivity index (χ4v) is 2.52. The Morgan fingerprint density at radius 3 is 2.52 bits per heavy atom. The summed E-state index contributed by atoms with van der Waals surface area (Å²) in [6.45, 7) is 3.51. The minimum absolute atomic E-state index is 0.0176. The number of hydrogen-bond acceptors (Lipinski definition) is 4. The minimum atomic E-state index is -4.55. The van der Waals surface area contributed by atoms with Gasteiger partial charge in [0.15, 0.2) is 6.61 Å². The molecule has 2 atom stereocenters. The second kappa shape index (κ2) is 7.08. The fourth-order valence-electron chi connectivity index (χ4n) is 2.52. The lowest BCUT2D eigenvalue weighted by molar-refractivity contribution is -0.159. The average Bonchev–Trinajstić information content (AvgIpc) is 2.44. The molecular weight excluding hydrogens is 313 g/mol. The Hall–Kier alpha value is -1.96. The molecule has 8 heteroatoms. The highest BCUT2D eigenvalue weighted by Gasteiger charge is 2.30. The zero-order chi connectivity index (χ0) is 17.0. The van der Waals surface area contributed by atoms with E-state index in [1.54, 1.807) is 24.3 Å². The number of alkyl halides is 3. The molecule has 0 aliphatic carbocycles. The van der Waals surface area contributed by atoms with Crippen LogP contribution in [0, 0.1) is 0 Å². The van der Waals surface area contributed by atoms with Gasteiger partial charge in [0.25, 0.3) is 0 Å². The highest BCUT2D eigenvalue weighted by Crippen LogP contribution is 2.28. The van der Waals surface area contributed by atoms with Gasteiger partial charge in [-0.2, -0.15) is 13.2 Å². The number of morpholine rings is 1. The van der Waals surface area contributed by atoms with Crippen molar-refractivity contribution >= 4 is 17.5 Å². The van der Waals surface area contributed by atoms with Crippen LogP contribution in [0.4, 0.5) is 29.3 Å². The zero-order valence-corrected chi connectivity index (χ0v) is 12.9. The van der Waals surface area contributed by atoms with E-state index in [0.717, 1.165) is 5.69 Å². The summed E-state index contributed by atoms with van der Waals surface area (Å²) in [5, 5.41) is 2.37. The molecule has 1 fully saturated rings. The molecule has 1 aromatic carbocycles. The predicted octanol–water partition coefficient (Wildman–Crippen LogP) is 3.41. The lowest BCUT2D eigenvalue weighted by Gasteiger charge is -2.37. The summed E-state index contributed by atoms with van der Waals surface area (Å²) in [4.78, 5) is 13.6. The molecule has 1 aromatic rings. The summed E-state index contributed by atoms with van der Waals surface area (Å²) < 4.78 is 46.1. The lowest BCUT2D eigenvalue weighted by Crippen LogP contribution is -2.45. The minimum Gasteiger partial charge on any atom is -0.440 e. The van der Waals surface area contributed by atoms with Gasteiger partial charge in [-0.15, -0.1) is 0 Å². The van der Waals surface area contributed by atoms with Crippen molar-refractivity contribution in [2.45, 2.75) is 32.2 Å². The van der Waals surface area contributed by atoms with Crippen LogP contribution in [0.1, 0.15) is 13.8 Å². The normalized spacial score (nSPS) is 21.9. The van der Waals surface area contributed by atoms with E-state index in [-0.39, 0.29) is 12.2 Å². The van der Waals surface area contributed by atoms with E-state index in [1.807, 2.05) is 18.7 Å². The van der Waals surface area contributed by atoms with E-state index in [1.165, 1.54) is 0 Å². The first-order chi connectivity index (χ1) is 10.7. The van der Waals surface area contributed by atoms with Gasteiger partial charge >= 0.3 is 12.3 Å². The molecule has 0 radical (unpaired) electrons. The summed E-state index contributed by atoms with van der Waals surface area (Å²) in [5.74, 6) is 0. The molecule has 0 unspecified atom stereocenters. The highest BCUT2D eigenvalue weighted by atomic mass is 19.4. The molecule has 1 heterocycles. The molecule has 5 nitrogen and oxygen atoms in total. The van der Waals surface area contributed by atoms with E-state index in [2.05, 4.69) is 10.1 Å². The lowest BCUT2D eigenvalue weighted by atomic mass is 10.1. The summed E-state index contributed by atoms with van der Waals surface area (Å²) in [7, 11) is 0. The van der Waals surface area contributed by atoms with Crippen LogP contribution in [-0.4, -0.2) is 44.2 Å². The highest BCUT2D eigenvalue weighted by molar-refractivity contribution is 5.89. The van der Waals surface area contributed by atoms with Gasteiger partial charge < -0.3 is 14.4 Å². The van der Waals surface area contributed by atoms with Crippen LogP contribution in [0.2, 0.25) is 0 Å². The van der Waals surface area contributed by atoms with E-state index in [0.29, 0.717) is 18.8 Å². The first-order valence-corrected chi connectivity index (χ1v) is 7.24. The van der Waals surface area contributed by atoms with Crippen molar-refractivity contribution in [1.29, 1.82) is 0 Å². The van der Waals surface area contributed by atoms with Crippen molar-refractivity contribution in [3.63, 3.8) is 0 Å². The maximum absolute atomic E-state index is 12.1. The molecule has 1 saturated heterocycles.